The zero-order valence-electron chi connectivity index (χ0n) is 12.8. The molecule has 0 radical (unpaired) electrons. The highest BCUT2D eigenvalue weighted by molar-refractivity contribution is 6.36. The molecule has 0 atom stereocenters. The highest BCUT2D eigenvalue weighted by Gasteiger charge is 2.15. The van der Waals surface area contributed by atoms with Crippen molar-refractivity contribution >= 4 is 29.4 Å². The summed E-state index contributed by atoms with van der Waals surface area (Å²) in [5.41, 5.74) is 2.25. The van der Waals surface area contributed by atoms with Crippen LogP contribution in [-0.2, 0) is 6.54 Å². The van der Waals surface area contributed by atoms with Gasteiger partial charge in [0.25, 0.3) is 0 Å². The second kappa shape index (κ2) is 7.82. The Morgan fingerprint density at radius 3 is 2.39 bits per heavy atom. The van der Waals surface area contributed by atoms with Gasteiger partial charge in [0.15, 0.2) is 0 Å². The van der Waals surface area contributed by atoms with Crippen molar-refractivity contribution in [1.29, 1.82) is 0 Å². The molecule has 2 aromatic carbocycles. The van der Waals surface area contributed by atoms with E-state index in [9.17, 15) is 0 Å². The number of piperazine rings is 1. The summed E-state index contributed by atoms with van der Waals surface area (Å²) in [6.07, 6.45) is 1.81. The standard InChI is InChI=1S/C18H19Cl2N3/c19-17-7-6-16(18(20)12-17)13-21-23-10-8-22(9-11-23)14-15-4-2-1-3-5-15/h1-7,12-13H,8-11,14H2/b21-13-. The Balaban J connectivity index is 1.52. The molecule has 3 rings (SSSR count). The van der Waals surface area contributed by atoms with E-state index in [1.165, 1.54) is 5.56 Å². The van der Waals surface area contributed by atoms with Crippen LogP contribution < -0.4 is 0 Å². The Hall–Kier alpha value is -1.55. The molecule has 3 nitrogen and oxygen atoms in total. The van der Waals surface area contributed by atoms with E-state index in [1.54, 1.807) is 6.07 Å². The molecule has 0 spiro atoms. The lowest BCUT2D eigenvalue weighted by atomic mass is 10.2. The maximum Gasteiger partial charge on any atom is 0.0557 e. The van der Waals surface area contributed by atoms with E-state index in [-0.39, 0.29) is 0 Å². The van der Waals surface area contributed by atoms with Crippen molar-refractivity contribution in [2.45, 2.75) is 6.54 Å². The van der Waals surface area contributed by atoms with Gasteiger partial charge in [-0.3, -0.25) is 9.91 Å². The minimum Gasteiger partial charge on any atom is -0.295 e. The minimum atomic E-state index is 0.629. The molecule has 5 heteroatoms. The average Bonchev–Trinajstić information content (AvgIpc) is 2.56. The third-order valence-electron chi connectivity index (χ3n) is 3.92. The zero-order chi connectivity index (χ0) is 16.1. The summed E-state index contributed by atoms with van der Waals surface area (Å²) in [6, 6.07) is 16.0. The number of hydrogen-bond donors (Lipinski definition) is 0. The van der Waals surface area contributed by atoms with Gasteiger partial charge in [-0.2, -0.15) is 5.10 Å². The first kappa shape index (κ1) is 16.3. The summed E-state index contributed by atoms with van der Waals surface area (Å²) >= 11 is 12.1. The first-order valence-corrected chi connectivity index (χ1v) is 8.46. The molecule has 0 unspecified atom stereocenters. The summed E-state index contributed by atoms with van der Waals surface area (Å²) in [5, 5.41) is 7.90. The van der Waals surface area contributed by atoms with Gasteiger partial charge < -0.3 is 0 Å². The Labute approximate surface area is 147 Å². The van der Waals surface area contributed by atoms with Crippen LogP contribution in [-0.4, -0.2) is 42.3 Å². The van der Waals surface area contributed by atoms with Crippen LogP contribution in [0.5, 0.6) is 0 Å². The lowest BCUT2D eigenvalue weighted by molar-refractivity contribution is 0.131. The second-order valence-corrected chi connectivity index (χ2v) is 6.47. The highest BCUT2D eigenvalue weighted by atomic mass is 35.5. The Morgan fingerprint density at radius 2 is 1.70 bits per heavy atom. The van der Waals surface area contributed by atoms with Gasteiger partial charge in [-0.1, -0.05) is 59.6 Å². The topological polar surface area (TPSA) is 18.8 Å². The number of hydrogen-bond acceptors (Lipinski definition) is 3. The number of nitrogens with zero attached hydrogens (tertiary/aromatic N) is 3. The Bertz CT molecular complexity index is 665. The van der Waals surface area contributed by atoms with Crippen molar-refractivity contribution < 1.29 is 0 Å². The van der Waals surface area contributed by atoms with Crippen molar-refractivity contribution in [3.63, 3.8) is 0 Å². The average molecular weight is 348 g/mol. The number of halogens is 2. The second-order valence-electron chi connectivity index (χ2n) is 5.63. The summed E-state index contributed by atoms with van der Waals surface area (Å²) in [7, 11) is 0. The van der Waals surface area contributed by atoms with Crippen molar-refractivity contribution in [1.82, 2.24) is 9.91 Å². The van der Waals surface area contributed by atoms with E-state index in [2.05, 4.69) is 45.3 Å². The molecule has 2 aromatic rings. The van der Waals surface area contributed by atoms with Crippen LogP contribution in [0, 0.1) is 0 Å². The Morgan fingerprint density at radius 1 is 0.957 bits per heavy atom. The molecule has 1 heterocycles. The van der Waals surface area contributed by atoms with Crippen LogP contribution in [0.25, 0.3) is 0 Å². The smallest absolute Gasteiger partial charge is 0.0557 e. The number of rotatable bonds is 4. The largest absolute Gasteiger partial charge is 0.295 e. The van der Waals surface area contributed by atoms with Gasteiger partial charge in [0.05, 0.1) is 11.2 Å². The van der Waals surface area contributed by atoms with Gasteiger partial charge >= 0.3 is 0 Å². The number of benzene rings is 2. The summed E-state index contributed by atoms with van der Waals surface area (Å²) in [6.45, 7) is 4.88. The SMILES string of the molecule is Clc1ccc(/C=N\N2CCN(Cc3ccccc3)CC2)c(Cl)c1. The molecule has 1 saturated heterocycles. The van der Waals surface area contributed by atoms with Crippen LogP contribution in [0.4, 0.5) is 0 Å². The predicted molar refractivity (Wildman–Crippen MR) is 97.3 cm³/mol. The first-order chi connectivity index (χ1) is 11.2. The molecule has 0 bridgehead atoms. The van der Waals surface area contributed by atoms with Crippen molar-refractivity contribution in [3.05, 3.63) is 69.7 Å². The molecule has 1 aliphatic heterocycles. The molecule has 1 aliphatic rings. The fourth-order valence-corrected chi connectivity index (χ4v) is 3.06. The molecular formula is C18H19Cl2N3. The minimum absolute atomic E-state index is 0.629. The predicted octanol–water partition coefficient (Wildman–Crippen LogP) is 4.15. The van der Waals surface area contributed by atoms with Gasteiger partial charge in [0, 0.05) is 43.3 Å². The maximum absolute atomic E-state index is 6.16. The fraction of sp³-hybridized carbons (Fsp3) is 0.278. The van der Waals surface area contributed by atoms with E-state index in [1.807, 2.05) is 18.3 Å². The molecule has 23 heavy (non-hydrogen) atoms. The van der Waals surface area contributed by atoms with Gasteiger partial charge in [0.1, 0.15) is 0 Å². The monoisotopic (exact) mass is 347 g/mol. The number of hydrazone groups is 1. The van der Waals surface area contributed by atoms with Crippen molar-refractivity contribution in [2.75, 3.05) is 26.2 Å². The van der Waals surface area contributed by atoms with Crippen LogP contribution in [0.3, 0.4) is 0 Å². The van der Waals surface area contributed by atoms with E-state index in [0.29, 0.717) is 10.0 Å². The molecule has 1 fully saturated rings. The normalized spacial score (nSPS) is 16.2. The van der Waals surface area contributed by atoms with E-state index in [0.717, 1.165) is 38.3 Å². The molecule has 0 N–H and O–H groups in total. The van der Waals surface area contributed by atoms with Gasteiger partial charge in [-0.25, -0.2) is 0 Å². The first-order valence-electron chi connectivity index (χ1n) is 7.71. The molecule has 0 aliphatic carbocycles. The van der Waals surface area contributed by atoms with Gasteiger partial charge in [-0.05, 0) is 17.7 Å². The van der Waals surface area contributed by atoms with Crippen LogP contribution in [0.2, 0.25) is 10.0 Å². The van der Waals surface area contributed by atoms with E-state index < -0.39 is 0 Å². The summed E-state index contributed by atoms with van der Waals surface area (Å²) < 4.78 is 0. The molecule has 0 amide bonds. The summed E-state index contributed by atoms with van der Waals surface area (Å²) in [4.78, 5) is 2.45. The van der Waals surface area contributed by atoms with Crippen molar-refractivity contribution in [3.8, 4) is 0 Å². The quantitative estimate of drug-likeness (QED) is 0.773. The highest BCUT2D eigenvalue weighted by Crippen LogP contribution is 2.19. The van der Waals surface area contributed by atoms with Crippen LogP contribution in [0.1, 0.15) is 11.1 Å². The lowest BCUT2D eigenvalue weighted by Gasteiger charge is -2.33. The molecule has 120 valence electrons. The Kier molecular flexibility index (Phi) is 5.55. The summed E-state index contributed by atoms with van der Waals surface area (Å²) in [5.74, 6) is 0. The van der Waals surface area contributed by atoms with Crippen LogP contribution in [0.15, 0.2) is 53.6 Å². The zero-order valence-corrected chi connectivity index (χ0v) is 14.3. The third-order valence-corrected chi connectivity index (χ3v) is 4.48. The van der Waals surface area contributed by atoms with Gasteiger partial charge in [-0.15, -0.1) is 0 Å². The molecular weight excluding hydrogens is 329 g/mol. The van der Waals surface area contributed by atoms with Crippen LogP contribution >= 0.6 is 23.2 Å². The van der Waals surface area contributed by atoms with Crippen molar-refractivity contribution in [2.24, 2.45) is 5.10 Å². The maximum atomic E-state index is 6.16. The van der Waals surface area contributed by atoms with Gasteiger partial charge in [0.2, 0.25) is 0 Å². The van der Waals surface area contributed by atoms with E-state index in [4.69, 9.17) is 23.2 Å². The fourth-order valence-electron chi connectivity index (χ4n) is 2.60. The molecule has 0 aromatic heterocycles. The lowest BCUT2D eigenvalue weighted by Crippen LogP contribution is -2.43. The molecule has 0 saturated carbocycles. The third kappa shape index (κ3) is 4.71. The van der Waals surface area contributed by atoms with E-state index >= 15 is 0 Å².